The maximum absolute atomic E-state index is 5.11. The van der Waals surface area contributed by atoms with E-state index in [1.165, 1.54) is 71.2 Å². The van der Waals surface area contributed by atoms with E-state index < -0.39 is 0 Å². The van der Waals surface area contributed by atoms with Crippen LogP contribution in [0.3, 0.4) is 0 Å². The van der Waals surface area contributed by atoms with Crippen LogP contribution >= 0.6 is 0 Å². The minimum atomic E-state index is 0.468. The zero-order valence-electron chi connectivity index (χ0n) is 38.2. The summed E-state index contributed by atoms with van der Waals surface area (Å²) in [4.78, 5) is 10.1. The molecule has 1 aliphatic carbocycles. The molecule has 0 saturated heterocycles. The Morgan fingerprint density at radius 1 is 0.362 bits per heavy atom. The van der Waals surface area contributed by atoms with Crippen LogP contribution in [-0.4, -0.2) is 19.1 Å². The first-order chi connectivity index (χ1) is 34.1. The number of fused-ring (bicyclic) bond motifs is 6. The maximum atomic E-state index is 5.11. The van der Waals surface area contributed by atoms with Gasteiger partial charge in [-0.3, -0.25) is 0 Å². The van der Waals surface area contributed by atoms with Gasteiger partial charge in [0.15, 0.2) is 5.82 Å². The fourth-order valence-electron chi connectivity index (χ4n) is 10.4. The number of hydrogen-bond acceptors (Lipinski definition) is 2. The van der Waals surface area contributed by atoms with Gasteiger partial charge in [0.05, 0.1) is 27.9 Å². The molecule has 69 heavy (non-hydrogen) atoms. The highest BCUT2D eigenvalue weighted by Crippen LogP contribution is 2.37. The molecule has 12 aromatic rings. The predicted molar refractivity (Wildman–Crippen MR) is 288 cm³/mol. The van der Waals surface area contributed by atoms with Gasteiger partial charge in [0.25, 0.3) is 0 Å². The summed E-state index contributed by atoms with van der Waals surface area (Å²) in [6.45, 7) is 2.32. The molecule has 0 saturated carbocycles. The van der Waals surface area contributed by atoms with Crippen molar-refractivity contribution in [3.63, 3.8) is 0 Å². The number of para-hydroxylation sites is 2. The van der Waals surface area contributed by atoms with E-state index in [0.717, 1.165) is 51.3 Å². The lowest BCUT2D eigenvalue weighted by Crippen LogP contribution is -2.31. The Balaban J connectivity index is 0.839. The van der Waals surface area contributed by atoms with Gasteiger partial charge in [-0.25, -0.2) is 9.97 Å². The van der Waals surface area contributed by atoms with Crippen molar-refractivity contribution in [2.75, 3.05) is 0 Å². The summed E-state index contributed by atoms with van der Waals surface area (Å²) in [5.74, 6) is 1.18. The second-order valence-electron chi connectivity index (χ2n) is 18.3. The third kappa shape index (κ3) is 7.26. The molecule has 4 nitrogen and oxygen atoms in total. The first kappa shape index (κ1) is 40.4. The van der Waals surface area contributed by atoms with Crippen LogP contribution in [0, 0.1) is 5.92 Å². The normalized spacial score (nSPS) is 13.3. The smallest absolute Gasteiger partial charge is 0.160 e. The van der Waals surface area contributed by atoms with Gasteiger partial charge in [-0.2, -0.15) is 0 Å². The van der Waals surface area contributed by atoms with E-state index in [1.807, 2.05) is 24.3 Å². The molecule has 0 fully saturated rings. The van der Waals surface area contributed by atoms with Crippen molar-refractivity contribution in [2.24, 2.45) is 5.92 Å². The molecule has 13 rings (SSSR count). The molecule has 4 heteroatoms. The molecule has 3 aromatic heterocycles. The molecular formula is C65H46N4. The largest absolute Gasteiger partial charge is 0.310 e. The number of nitrogens with zero attached hydrogens (tertiary/aromatic N) is 4. The SMILES string of the molecule is CC1C=c2c(n(-c3ccc(-c4cccc(-c5cccc(-c6cc(-c7ccccc7)nc(-c7ccccc7)n6)c5)c4)cc3)c3ccc(-c4ccc5c(c4)c4ccccc4n5-c4ccccc4)cc23)=CC1. The van der Waals surface area contributed by atoms with Crippen molar-refractivity contribution < 1.29 is 0 Å². The van der Waals surface area contributed by atoms with Crippen LogP contribution in [0.2, 0.25) is 0 Å². The Bertz CT molecular complexity index is 3980. The van der Waals surface area contributed by atoms with Crippen LogP contribution < -0.4 is 10.6 Å². The van der Waals surface area contributed by atoms with Gasteiger partial charge in [-0.1, -0.05) is 177 Å². The van der Waals surface area contributed by atoms with Gasteiger partial charge in [-0.05, 0) is 119 Å². The van der Waals surface area contributed by atoms with Gasteiger partial charge in [-0.15, -0.1) is 0 Å². The summed E-state index contributed by atoms with van der Waals surface area (Å²) in [5, 5.41) is 6.40. The monoisotopic (exact) mass is 882 g/mol. The zero-order valence-corrected chi connectivity index (χ0v) is 38.2. The number of hydrogen-bond donors (Lipinski definition) is 0. The highest BCUT2D eigenvalue weighted by molar-refractivity contribution is 6.10. The molecule has 0 bridgehead atoms. The van der Waals surface area contributed by atoms with Crippen LogP contribution in [0.25, 0.3) is 124 Å². The van der Waals surface area contributed by atoms with Crippen molar-refractivity contribution >= 4 is 44.9 Å². The molecule has 1 atom stereocenters. The Kier molecular flexibility index (Phi) is 9.83. The molecule has 3 heterocycles. The molecule has 0 aliphatic heterocycles. The minimum absolute atomic E-state index is 0.468. The van der Waals surface area contributed by atoms with Crippen molar-refractivity contribution in [3.8, 4) is 78.7 Å². The lowest BCUT2D eigenvalue weighted by atomic mass is 9.97. The quantitative estimate of drug-likeness (QED) is 0.152. The van der Waals surface area contributed by atoms with E-state index >= 15 is 0 Å². The topological polar surface area (TPSA) is 35.6 Å². The van der Waals surface area contributed by atoms with E-state index in [4.69, 9.17) is 9.97 Å². The van der Waals surface area contributed by atoms with Gasteiger partial charge < -0.3 is 9.13 Å². The van der Waals surface area contributed by atoms with Gasteiger partial charge in [0.2, 0.25) is 0 Å². The molecule has 0 amide bonds. The second kappa shape index (κ2) is 16.8. The lowest BCUT2D eigenvalue weighted by molar-refractivity contribution is 0.795. The van der Waals surface area contributed by atoms with E-state index in [2.05, 4.69) is 234 Å². The van der Waals surface area contributed by atoms with Crippen LogP contribution in [0.1, 0.15) is 13.3 Å². The Morgan fingerprint density at radius 3 is 1.57 bits per heavy atom. The van der Waals surface area contributed by atoms with E-state index in [9.17, 15) is 0 Å². The average Bonchev–Trinajstić information content (AvgIpc) is 3.93. The van der Waals surface area contributed by atoms with E-state index in [1.54, 1.807) is 0 Å². The Hall–Kier alpha value is -8.86. The first-order valence-corrected chi connectivity index (χ1v) is 23.9. The number of rotatable bonds is 8. The molecule has 0 N–H and O–H groups in total. The average molecular weight is 883 g/mol. The molecule has 9 aromatic carbocycles. The molecule has 326 valence electrons. The highest BCUT2D eigenvalue weighted by Gasteiger charge is 2.18. The van der Waals surface area contributed by atoms with Crippen LogP contribution in [0.5, 0.6) is 0 Å². The number of benzene rings is 9. The molecule has 0 spiro atoms. The summed E-state index contributed by atoms with van der Waals surface area (Å²) < 4.78 is 4.84. The Labute approximate surface area is 401 Å². The van der Waals surface area contributed by atoms with Crippen molar-refractivity contribution in [1.82, 2.24) is 19.1 Å². The van der Waals surface area contributed by atoms with Gasteiger partial charge in [0, 0.05) is 54.8 Å². The van der Waals surface area contributed by atoms with Crippen molar-refractivity contribution in [3.05, 3.63) is 241 Å². The molecule has 1 unspecified atom stereocenters. The van der Waals surface area contributed by atoms with Gasteiger partial charge in [0.1, 0.15) is 0 Å². The first-order valence-electron chi connectivity index (χ1n) is 23.9. The van der Waals surface area contributed by atoms with Crippen molar-refractivity contribution in [2.45, 2.75) is 13.3 Å². The van der Waals surface area contributed by atoms with Crippen LogP contribution in [0.4, 0.5) is 0 Å². The van der Waals surface area contributed by atoms with Gasteiger partial charge >= 0.3 is 0 Å². The molecule has 0 radical (unpaired) electrons. The van der Waals surface area contributed by atoms with Crippen molar-refractivity contribution in [1.29, 1.82) is 0 Å². The fraction of sp³-hybridized carbons (Fsp3) is 0.0462. The molecule has 1 aliphatic rings. The fourth-order valence-corrected chi connectivity index (χ4v) is 10.4. The third-order valence-corrected chi connectivity index (χ3v) is 13.8. The maximum Gasteiger partial charge on any atom is 0.160 e. The number of aromatic nitrogens is 4. The summed E-state index contributed by atoms with van der Waals surface area (Å²) >= 11 is 0. The minimum Gasteiger partial charge on any atom is -0.310 e. The summed E-state index contributed by atoms with van der Waals surface area (Å²) in [6.07, 6.45) is 5.92. The summed E-state index contributed by atoms with van der Waals surface area (Å²) in [5.41, 5.74) is 17.9. The lowest BCUT2D eigenvalue weighted by Gasteiger charge is -2.12. The van der Waals surface area contributed by atoms with E-state index in [0.29, 0.717) is 11.7 Å². The predicted octanol–water partition coefficient (Wildman–Crippen LogP) is 15.1. The summed E-state index contributed by atoms with van der Waals surface area (Å²) in [6, 6.07) is 82.8. The highest BCUT2D eigenvalue weighted by atomic mass is 15.0. The standard InChI is InChI=1S/C65H46N4/c1-43-27-34-62-56(37-43)58-41-51(50-30-35-63-57(40-50)55-25-11-12-26-61(55)68(63)53-23-9-4-10-24-53)31-36-64(58)69(62)54-32-28-44(29-33-54)47-19-13-20-48(38-47)49-21-14-22-52(39-49)60-42-59(45-15-5-2-6-16-45)66-65(67-60)46-17-7-3-8-18-46/h2-26,28-43H,27H2,1H3. The second-order valence-corrected chi connectivity index (χ2v) is 18.3. The Morgan fingerprint density at radius 2 is 0.855 bits per heavy atom. The molecular weight excluding hydrogens is 837 g/mol. The van der Waals surface area contributed by atoms with Crippen LogP contribution in [-0.2, 0) is 0 Å². The summed E-state index contributed by atoms with van der Waals surface area (Å²) in [7, 11) is 0. The zero-order chi connectivity index (χ0) is 45.8. The van der Waals surface area contributed by atoms with Crippen LogP contribution in [0.15, 0.2) is 231 Å². The third-order valence-electron chi connectivity index (χ3n) is 13.8. The van der Waals surface area contributed by atoms with E-state index in [-0.39, 0.29) is 0 Å².